The zero-order valence-corrected chi connectivity index (χ0v) is 15.8. The van der Waals surface area contributed by atoms with Gasteiger partial charge in [-0.1, -0.05) is 35.5 Å². The fraction of sp³-hybridized carbons (Fsp3) is 0.182. The maximum absolute atomic E-state index is 12.5. The Kier molecular flexibility index (Phi) is 4.85. The summed E-state index contributed by atoms with van der Waals surface area (Å²) >= 11 is 0. The van der Waals surface area contributed by atoms with Crippen LogP contribution < -0.4 is 5.32 Å². The van der Waals surface area contributed by atoms with E-state index in [4.69, 9.17) is 4.52 Å². The average Bonchev–Trinajstić information content (AvgIpc) is 3.18. The molecule has 2 aromatic heterocycles. The topological polar surface area (TPSA) is 80.9 Å². The lowest BCUT2D eigenvalue weighted by atomic mass is 10.1. The minimum Gasteiger partial charge on any atom is -0.356 e. The normalized spacial score (nSPS) is 10.9. The minimum atomic E-state index is -0.145. The third-order valence-corrected chi connectivity index (χ3v) is 4.62. The second-order valence-electron chi connectivity index (χ2n) is 6.65. The van der Waals surface area contributed by atoms with Gasteiger partial charge in [0.1, 0.15) is 0 Å². The molecule has 0 saturated heterocycles. The van der Waals surface area contributed by atoms with Gasteiger partial charge in [-0.25, -0.2) is 9.97 Å². The number of hydrogen-bond donors (Lipinski definition) is 1. The molecule has 0 atom stereocenters. The van der Waals surface area contributed by atoms with Crippen molar-refractivity contribution in [3.05, 3.63) is 77.2 Å². The lowest BCUT2D eigenvalue weighted by molar-refractivity contribution is 0.0954. The molecule has 6 nitrogen and oxygen atoms in total. The van der Waals surface area contributed by atoms with Crippen molar-refractivity contribution in [2.45, 2.75) is 20.3 Å². The second-order valence-corrected chi connectivity index (χ2v) is 6.65. The van der Waals surface area contributed by atoms with Gasteiger partial charge in [0.25, 0.3) is 5.91 Å². The summed E-state index contributed by atoms with van der Waals surface area (Å²) in [4.78, 5) is 21.5. The Hall–Kier alpha value is -3.54. The molecule has 1 amide bonds. The first-order chi connectivity index (χ1) is 13.6. The molecule has 1 N–H and O–H groups in total. The van der Waals surface area contributed by atoms with Gasteiger partial charge in [-0.2, -0.15) is 0 Å². The van der Waals surface area contributed by atoms with Gasteiger partial charge < -0.3 is 9.84 Å². The number of benzene rings is 2. The maximum atomic E-state index is 12.5. The van der Waals surface area contributed by atoms with E-state index in [0.717, 1.165) is 39.4 Å². The van der Waals surface area contributed by atoms with Crippen molar-refractivity contribution in [2.24, 2.45) is 0 Å². The Labute approximate surface area is 162 Å². The summed E-state index contributed by atoms with van der Waals surface area (Å²) in [7, 11) is 0. The molecule has 140 valence electrons. The van der Waals surface area contributed by atoms with Gasteiger partial charge in [-0.3, -0.25) is 4.79 Å². The SMILES string of the molecule is Cc1nc2ccc(C(=O)NCCc3cc(-c4ccccc4)on3)cc2nc1C. The number of nitrogens with zero attached hydrogens (tertiary/aromatic N) is 3. The molecule has 0 spiro atoms. The number of nitrogens with one attached hydrogen (secondary N) is 1. The molecule has 28 heavy (non-hydrogen) atoms. The fourth-order valence-electron chi connectivity index (χ4n) is 2.95. The molecule has 0 bridgehead atoms. The Bertz CT molecular complexity index is 1140. The quantitative estimate of drug-likeness (QED) is 0.575. The van der Waals surface area contributed by atoms with Crippen molar-refractivity contribution in [1.29, 1.82) is 0 Å². The fourth-order valence-corrected chi connectivity index (χ4v) is 2.95. The van der Waals surface area contributed by atoms with Crippen LogP contribution in [0.4, 0.5) is 0 Å². The lowest BCUT2D eigenvalue weighted by Crippen LogP contribution is -2.25. The summed E-state index contributed by atoms with van der Waals surface area (Å²) in [6.07, 6.45) is 0.591. The van der Waals surface area contributed by atoms with Gasteiger partial charge in [0.15, 0.2) is 5.76 Å². The van der Waals surface area contributed by atoms with Crippen molar-refractivity contribution in [3.8, 4) is 11.3 Å². The molecule has 4 aromatic rings. The van der Waals surface area contributed by atoms with E-state index in [2.05, 4.69) is 20.4 Å². The number of amides is 1. The van der Waals surface area contributed by atoms with E-state index in [0.29, 0.717) is 18.5 Å². The van der Waals surface area contributed by atoms with Crippen LogP contribution >= 0.6 is 0 Å². The molecule has 2 aromatic carbocycles. The highest BCUT2D eigenvalue weighted by molar-refractivity contribution is 5.97. The predicted molar refractivity (Wildman–Crippen MR) is 107 cm³/mol. The molecule has 0 aliphatic rings. The lowest BCUT2D eigenvalue weighted by Gasteiger charge is -2.06. The van der Waals surface area contributed by atoms with Crippen LogP contribution in [-0.2, 0) is 6.42 Å². The van der Waals surface area contributed by atoms with Crippen LogP contribution in [0.2, 0.25) is 0 Å². The summed E-state index contributed by atoms with van der Waals surface area (Å²) in [5.41, 5.74) is 5.62. The number of hydrogen-bond acceptors (Lipinski definition) is 5. The number of carbonyl (C=O) groups excluding carboxylic acids is 1. The third-order valence-electron chi connectivity index (χ3n) is 4.62. The Morgan fingerprint density at radius 3 is 2.50 bits per heavy atom. The number of rotatable bonds is 5. The van der Waals surface area contributed by atoms with E-state index in [9.17, 15) is 4.79 Å². The van der Waals surface area contributed by atoms with Crippen molar-refractivity contribution in [2.75, 3.05) is 6.54 Å². The summed E-state index contributed by atoms with van der Waals surface area (Å²) in [6, 6.07) is 17.1. The first kappa shape index (κ1) is 17.9. The highest BCUT2D eigenvalue weighted by Gasteiger charge is 2.10. The number of aryl methyl sites for hydroxylation is 2. The maximum Gasteiger partial charge on any atom is 0.251 e. The van der Waals surface area contributed by atoms with E-state index in [1.54, 1.807) is 12.1 Å². The van der Waals surface area contributed by atoms with Gasteiger partial charge in [-0.05, 0) is 32.0 Å². The van der Waals surface area contributed by atoms with Crippen LogP contribution in [0.15, 0.2) is 59.1 Å². The van der Waals surface area contributed by atoms with Crippen LogP contribution in [0.25, 0.3) is 22.4 Å². The zero-order chi connectivity index (χ0) is 19.5. The van der Waals surface area contributed by atoms with Crippen LogP contribution in [0, 0.1) is 13.8 Å². The predicted octanol–water partition coefficient (Wildman–Crippen LogP) is 3.87. The molecule has 4 rings (SSSR count). The zero-order valence-electron chi connectivity index (χ0n) is 15.8. The molecule has 0 aliphatic carbocycles. The van der Waals surface area contributed by atoms with Crippen molar-refractivity contribution < 1.29 is 9.32 Å². The molecule has 0 saturated carbocycles. The van der Waals surface area contributed by atoms with E-state index in [1.807, 2.05) is 56.3 Å². The van der Waals surface area contributed by atoms with Gasteiger partial charge >= 0.3 is 0 Å². The highest BCUT2D eigenvalue weighted by Crippen LogP contribution is 2.20. The molecule has 0 aliphatic heterocycles. The first-order valence-electron chi connectivity index (χ1n) is 9.14. The van der Waals surface area contributed by atoms with Crippen molar-refractivity contribution in [1.82, 2.24) is 20.4 Å². The van der Waals surface area contributed by atoms with Crippen molar-refractivity contribution in [3.63, 3.8) is 0 Å². The smallest absolute Gasteiger partial charge is 0.251 e. The molecule has 2 heterocycles. The van der Waals surface area contributed by atoms with E-state index in [1.165, 1.54) is 0 Å². The molecule has 6 heteroatoms. The first-order valence-corrected chi connectivity index (χ1v) is 9.14. The van der Waals surface area contributed by atoms with E-state index >= 15 is 0 Å². The summed E-state index contributed by atoms with van der Waals surface area (Å²) in [5, 5.41) is 6.99. The van der Waals surface area contributed by atoms with Gasteiger partial charge in [-0.15, -0.1) is 0 Å². The summed E-state index contributed by atoms with van der Waals surface area (Å²) in [5.74, 6) is 0.578. The molecular formula is C22H20N4O2. The molecule has 0 unspecified atom stereocenters. The Balaban J connectivity index is 1.39. The van der Waals surface area contributed by atoms with Crippen molar-refractivity contribution >= 4 is 16.9 Å². The largest absolute Gasteiger partial charge is 0.356 e. The van der Waals surface area contributed by atoms with E-state index in [-0.39, 0.29) is 5.91 Å². The van der Waals surface area contributed by atoms with Gasteiger partial charge in [0, 0.05) is 30.2 Å². The second kappa shape index (κ2) is 7.60. The van der Waals surface area contributed by atoms with Crippen LogP contribution in [0.3, 0.4) is 0 Å². The number of fused-ring (bicyclic) bond motifs is 1. The van der Waals surface area contributed by atoms with E-state index < -0.39 is 0 Å². The third kappa shape index (κ3) is 3.76. The average molecular weight is 372 g/mol. The van der Waals surface area contributed by atoms with Gasteiger partial charge in [0.05, 0.1) is 28.1 Å². The Morgan fingerprint density at radius 1 is 0.964 bits per heavy atom. The van der Waals surface area contributed by atoms with Crippen LogP contribution in [0.1, 0.15) is 27.4 Å². The summed E-state index contributed by atoms with van der Waals surface area (Å²) in [6.45, 7) is 4.31. The number of aromatic nitrogens is 3. The van der Waals surface area contributed by atoms with Crippen LogP contribution in [0.5, 0.6) is 0 Å². The standard InChI is InChI=1S/C22H20N4O2/c1-14-15(2)25-20-12-17(8-9-19(20)24-14)22(27)23-11-10-18-13-21(28-26-18)16-6-4-3-5-7-16/h3-9,12-13H,10-11H2,1-2H3,(H,23,27). The minimum absolute atomic E-state index is 0.145. The number of carbonyl (C=O) groups is 1. The Morgan fingerprint density at radius 2 is 1.71 bits per heavy atom. The summed E-state index contributed by atoms with van der Waals surface area (Å²) < 4.78 is 5.38. The van der Waals surface area contributed by atoms with Gasteiger partial charge in [0.2, 0.25) is 0 Å². The molecular weight excluding hydrogens is 352 g/mol. The monoisotopic (exact) mass is 372 g/mol. The molecule has 0 radical (unpaired) electrons. The molecule has 0 fully saturated rings. The van der Waals surface area contributed by atoms with Crippen LogP contribution in [-0.4, -0.2) is 27.6 Å². The highest BCUT2D eigenvalue weighted by atomic mass is 16.5.